The Labute approximate surface area is 191 Å². The highest BCUT2D eigenvalue weighted by atomic mass is 35.5. The van der Waals surface area contributed by atoms with Crippen LogP contribution in [0.2, 0.25) is 5.02 Å². The van der Waals surface area contributed by atoms with Gasteiger partial charge in [0.1, 0.15) is 23.0 Å². The first-order chi connectivity index (χ1) is 15.4. The van der Waals surface area contributed by atoms with E-state index in [0.717, 1.165) is 0 Å². The maximum Gasteiger partial charge on any atom is 0.249 e. The predicted molar refractivity (Wildman–Crippen MR) is 121 cm³/mol. The molecule has 0 radical (unpaired) electrons. The second kappa shape index (κ2) is 10.3. The smallest absolute Gasteiger partial charge is 0.249 e. The number of hydrogen-bond acceptors (Lipinski definition) is 6. The summed E-state index contributed by atoms with van der Waals surface area (Å²) in [6, 6.07) is 8.56. The zero-order chi connectivity index (χ0) is 23.3. The maximum atomic E-state index is 12.8. The van der Waals surface area contributed by atoms with Gasteiger partial charge in [-0.05, 0) is 24.3 Å². The average molecular weight is 461 g/mol. The molecule has 32 heavy (non-hydrogen) atoms. The van der Waals surface area contributed by atoms with E-state index in [9.17, 15) is 9.59 Å². The van der Waals surface area contributed by atoms with Gasteiger partial charge in [0.15, 0.2) is 0 Å². The van der Waals surface area contributed by atoms with Crippen LogP contribution in [0.5, 0.6) is 23.0 Å². The summed E-state index contributed by atoms with van der Waals surface area (Å²) in [6.07, 6.45) is 1.67. The number of carbonyl (C=O) groups excluding carboxylic acids is 2. The molecule has 0 bridgehead atoms. The van der Waals surface area contributed by atoms with E-state index in [2.05, 4.69) is 5.32 Å². The Kier molecular flexibility index (Phi) is 7.48. The molecule has 2 amide bonds. The molecule has 0 atom stereocenters. The fourth-order valence-electron chi connectivity index (χ4n) is 3.43. The van der Waals surface area contributed by atoms with Gasteiger partial charge in [0.05, 0.1) is 53.6 Å². The molecular formula is C23H25ClN2O6. The van der Waals surface area contributed by atoms with Crippen molar-refractivity contribution in [1.29, 1.82) is 0 Å². The normalized spacial score (nSPS) is 15.3. The molecule has 1 aliphatic rings. The quantitative estimate of drug-likeness (QED) is 0.639. The molecule has 0 aromatic heterocycles. The highest BCUT2D eigenvalue weighted by Gasteiger charge is 2.27. The molecular weight excluding hydrogens is 436 g/mol. The van der Waals surface area contributed by atoms with Crippen molar-refractivity contribution in [3.8, 4) is 23.0 Å². The zero-order valence-corrected chi connectivity index (χ0v) is 19.1. The lowest BCUT2D eigenvalue weighted by Crippen LogP contribution is -2.35. The van der Waals surface area contributed by atoms with Crippen LogP contribution >= 0.6 is 11.6 Å². The lowest BCUT2D eigenvalue weighted by atomic mass is 10.1. The third-order valence-electron chi connectivity index (χ3n) is 5.09. The van der Waals surface area contributed by atoms with E-state index in [1.165, 1.54) is 21.3 Å². The van der Waals surface area contributed by atoms with Gasteiger partial charge in [-0.2, -0.15) is 0 Å². The van der Waals surface area contributed by atoms with Crippen molar-refractivity contribution in [3.05, 3.63) is 52.1 Å². The molecule has 0 unspecified atom stereocenters. The topological polar surface area (TPSA) is 86.3 Å². The number of nitrogens with zero attached hydrogens (tertiary/aromatic N) is 1. The minimum atomic E-state index is -0.337. The third-order valence-corrected chi connectivity index (χ3v) is 5.33. The van der Waals surface area contributed by atoms with Crippen molar-refractivity contribution in [1.82, 2.24) is 10.2 Å². The number of methoxy groups -OCH3 is 4. The van der Waals surface area contributed by atoms with E-state index < -0.39 is 0 Å². The van der Waals surface area contributed by atoms with Crippen LogP contribution < -0.4 is 24.3 Å². The number of carbonyl (C=O) groups is 2. The summed E-state index contributed by atoms with van der Waals surface area (Å²) in [4.78, 5) is 27.0. The molecule has 0 saturated carbocycles. The molecule has 2 aromatic rings. The van der Waals surface area contributed by atoms with E-state index in [1.807, 2.05) is 0 Å². The molecule has 1 fully saturated rings. The largest absolute Gasteiger partial charge is 0.496 e. The first-order valence-electron chi connectivity index (χ1n) is 9.79. The fourth-order valence-corrected chi connectivity index (χ4v) is 3.61. The Bertz CT molecular complexity index is 1030. The van der Waals surface area contributed by atoms with Crippen LogP contribution in [0.25, 0.3) is 6.08 Å². The number of benzene rings is 2. The molecule has 0 aliphatic carbocycles. The van der Waals surface area contributed by atoms with E-state index in [1.54, 1.807) is 48.4 Å². The minimum absolute atomic E-state index is 0.0820. The minimum Gasteiger partial charge on any atom is -0.496 e. The molecule has 1 saturated heterocycles. The molecule has 8 nitrogen and oxygen atoms in total. The summed E-state index contributed by atoms with van der Waals surface area (Å²) >= 11 is 6.12. The monoisotopic (exact) mass is 460 g/mol. The van der Waals surface area contributed by atoms with Crippen LogP contribution in [-0.2, 0) is 16.1 Å². The Hall–Kier alpha value is -3.39. The number of rotatable bonds is 7. The number of hydrogen-bond donors (Lipinski definition) is 1. The van der Waals surface area contributed by atoms with Crippen LogP contribution in [0.3, 0.4) is 0 Å². The van der Waals surface area contributed by atoms with E-state index in [4.69, 9.17) is 30.5 Å². The van der Waals surface area contributed by atoms with Crippen LogP contribution in [0, 0.1) is 0 Å². The summed E-state index contributed by atoms with van der Waals surface area (Å²) in [7, 11) is 6.15. The number of nitrogens with one attached hydrogen (secondary N) is 1. The van der Waals surface area contributed by atoms with E-state index >= 15 is 0 Å². The molecule has 170 valence electrons. The van der Waals surface area contributed by atoms with Gasteiger partial charge in [0.2, 0.25) is 11.8 Å². The van der Waals surface area contributed by atoms with Gasteiger partial charge >= 0.3 is 0 Å². The van der Waals surface area contributed by atoms with Crippen molar-refractivity contribution in [2.75, 3.05) is 41.5 Å². The molecule has 1 N–H and O–H groups in total. The van der Waals surface area contributed by atoms with Crippen LogP contribution in [0.15, 0.2) is 35.9 Å². The molecule has 1 aliphatic heterocycles. The highest BCUT2D eigenvalue weighted by molar-refractivity contribution is 6.30. The Balaban J connectivity index is 1.99. The van der Waals surface area contributed by atoms with Gasteiger partial charge in [-0.1, -0.05) is 11.6 Å². The fraction of sp³-hybridized carbons (Fsp3) is 0.304. The summed E-state index contributed by atoms with van der Waals surface area (Å²) < 4.78 is 21.7. The first-order valence-corrected chi connectivity index (χ1v) is 10.2. The van der Waals surface area contributed by atoms with Crippen molar-refractivity contribution in [2.24, 2.45) is 0 Å². The second-order valence-electron chi connectivity index (χ2n) is 7.00. The Morgan fingerprint density at radius 1 is 0.969 bits per heavy atom. The predicted octanol–water partition coefficient (Wildman–Crippen LogP) is 2.92. The molecule has 1 heterocycles. The van der Waals surface area contributed by atoms with Gasteiger partial charge in [0.25, 0.3) is 0 Å². The average Bonchev–Trinajstić information content (AvgIpc) is 2.93. The van der Waals surface area contributed by atoms with Crippen molar-refractivity contribution in [3.63, 3.8) is 0 Å². The van der Waals surface area contributed by atoms with Crippen LogP contribution in [0.1, 0.15) is 11.1 Å². The van der Waals surface area contributed by atoms with Gasteiger partial charge < -0.3 is 29.2 Å². The van der Waals surface area contributed by atoms with Crippen LogP contribution in [0.4, 0.5) is 0 Å². The summed E-state index contributed by atoms with van der Waals surface area (Å²) in [5.74, 6) is 1.58. The third kappa shape index (κ3) is 5.08. The maximum absolute atomic E-state index is 12.8. The van der Waals surface area contributed by atoms with E-state index in [0.29, 0.717) is 44.7 Å². The van der Waals surface area contributed by atoms with E-state index in [-0.39, 0.29) is 31.4 Å². The Morgan fingerprint density at radius 3 is 2.22 bits per heavy atom. The van der Waals surface area contributed by atoms with Gasteiger partial charge in [0, 0.05) is 28.3 Å². The molecule has 3 rings (SSSR count). The Morgan fingerprint density at radius 2 is 1.62 bits per heavy atom. The molecule has 2 aromatic carbocycles. The van der Waals surface area contributed by atoms with Gasteiger partial charge in [-0.15, -0.1) is 0 Å². The number of ether oxygens (including phenoxy) is 4. The zero-order valence-electron chi connectivity index (χ0n) is 18.4. The summed E-state index contributed by atoms with van der Waals surface area (Å²) in [6.45, 7) is 0.135. The SMILES string of the molecule is COc1cc(OC)c(CN2CC(=Cc3cc(Cl)ccc3OC)C(=O)NCC2=O)c(OC)c1. The summed E-state index contributed by atoms with van der Waals surface area (Å²) in [5, 5.41) is 3.16. The molecule has 9 heteroatoms. The van der Waals surface area contributed by atoms with Crippen LogP contribution in [-0.4, -0.2) is 58.2 Å². The highest BCUT2D eigenvalue weighted by Crippen LogP contribution is 2.35. The second-order valence-corrected chi connectivity index (χ2v) is 7.44. The number of amides is 2. The number of halogens is 1. The van der Waals surface area contributed by atoms with Crippen molar-refractivity contribution < 1.29 is 28.5 Å². The lowest BCUT2D eigenvalue weighted by molar-refractivity contribution is -0.130. The first kappa shape index (κ1) is 23.3. The lowest BCUT2D eigenvalue weighted by Gasteiger charge is -2.23. The standard InChI is InChI=1S/C23H25ClN2O6/c1-29-17-9-20(31-3)18(21(10-17)32-4)13-26-12-15(23(28)25-11-22(26)27)7-14-8-16(24)5-6-19(14)30-2/h5-10H,11-13H2,1-4H3,(H,25,28). The van der Waals surface area contributed by atoms with Crippen molar-refractivity contribution >= 4 is 29.5 Å². The van der Waals surface area contributed by atoms with Gasteiger partial charge in [-0.3, -0.25) is 9.59 Å². The summed E-state index contributed by atoms with van der Waals surface area (Å²) in [5.41, 5.74) is 1.69. The van der Waals surface area contributed by atoms with Gasteiger partial charge in [-0.25, -0.2) is 0 Å². The molecule has 0 spiro atoms. The van der Waals surface area contributed by atoms with Crippen molar-refractivity contribution in [2.45, 2.75) is 6.54 Å².